The van der Waals surface area contributed by atoms with Crippen molar-refractivity contribution in [2.75, 3.05) is 13.1 Å². The molecule has 0 radical (unpaired) electrons. The van der Waals surface area contributed by atoms with E-state index in [1.807, 2.05) is 0 Å². The van der Waals surface area contributed by atoms with Gasteiger partial charge in [-0.25, -0.2) is 0 Å². The van der Waals surface area contributed by atoms with Gasteiger partial charge in [0.1, 0.15) is 0 Å². The van der Waals surface area contributed by atoms with Crippen LogP contribution in [0.3, 0.4) is 0 Å². The maximum Gasteiger partial charge on any atom is 0.0460 e. The summed E-state index contributed by atoms with van der Waals surface area (Å²) in [5, 5.41) is 0. The standard InChI is InChI=1S/C15H17N/c1-10-6-7-11-4-2-8-16-9-3-5-12-13(10)14(11)15(12)16/h3,5-7,12,15H,2,4,8-9H2,1H3/t12-,15?/m0/s1. The first-order valence-corrected chi connectivity index (χ1v) is 6.39. The predicted molar refractivity (Wildman–Crippen MR) is 65.7 cm³/mol. The number of rotatable bonds is 0. The Labute approximate surface area is 96.8 Å². The van der Waals surface area contributed by atoms with Crippen LogP contribution in [0.5, 0.6) is 0 Å². The minimum atomic E-state index is 0.696. The highest BCUT2D eigenvalue weighted by molar-refractivity contribution is 5.56. The Hall–Kier alpha value is -1.08. The zero-order chi connectivity index (χ0) is 10.7. The lowest BCUT2D eigenvalue weighted by molar-refractivity contribution is 0.174. The normalized spacial score (nSPS) is 30.6. The van der Waals surface area contributed by atoms with Gasteiger partial charge in [0.25, 0.3) is 0 Å². The van der Waals surface area contributed by atoms with E-state index in [1.165, 1.54) is 24.9 Å². The third-order valence-electron chi connectivity index (χ3n) is 4.53. The Morgan fingerprint density at radius 2 is 2.19 bits per heavy atom. The quantitative estimate of drug-likeness (QED) is 0.596. The van der Waals surface area contributed by atoms with Gasteiger partial charge in [-0.05, 0) is 48.6 Å². The van der Waals surface area contributed by atoms with Crippen LogP contribution >= 0.6 is 0 Å². The third kappa shape index (κ3) is 0.952. The van der Waals surface area contributed by atoms with Crippen molar-refractivity contribution in [2.24, 2.45) is 0 Å². The molecule has 0 fully saturated rings. The van der Waals surface area contributed by atoms with Gasteiger partial charge in [0.2, 0.25) is 0 Å². The van der Waals surface area contributed by atoms with Gasteiger partial charge in [0.05, 0.1) is 0 Å². The minimum absolute atomic E-state index is 0.696. The van der Waals surface area contributed by atoms with Crippen LogP contribution in [0, 0.1) is 6.92 Å². The Balaban J connectivity index is 1.98. The van der Waals surface area contributed by atoms with E-state index in [2.05, 4.69) is 36.1 Å². The zero-order valence-corrected chi connectivity index (χ0v) is 9.74. The molecule has 0 bridgehead atoms. The maximum atomic E-state index is 2.67. The van der Waals surface area contributed by atoms with E-state index in [9.17, 15) is 0 Å². The van der Waals surface area contributed by atoms with Crippen molar-refractivity contribution < 1.29 is 0 Å². The van der Waals surface area contributed by atoms with Gasteiger partial charge in [-0.15, -0.1) is 0 Å². The number of benzene rings is 1. The van der Waals surface area contributed by atoms with Crippen molar-refractivity contribution in [1.82, 2.24) is 4.90 Å². The van der Waals surface area contributed by atoms with E-state index in [0.717, 1.165) is 12.6 Å². The molecule has 16 heavy (non-hydrogen) atoms. The lowest BCUT2D eigenvalue weighted by atomic mass is 9.67. The van der Waals surface area contributed by atoms with Crippen LogP contribution in [0.1, 0.15) is 40.6 Å². The lowest BCUT2D eigenvalue weighted by Crippen LogP contribution is -2.41. The number of hydrogen-bond donors (Lipinski definition) is 0. The van der Waals surface area contributed by atoms with Crippen molar-refractivity contribution in [1.29, 1.82) is 0 Å². The number of aryl methyl sites for hydroxylation is 2. The molecule has 1 aromatic rings. The monoisotopic (exact) mass is 211 g/mol. The summed E-state index contributed by atoms with van der Waals surface area (Å²) >= 11 is 0. The molecule has 2 atom stereocenters. The van der Waals surface area contributed by atoms with Crippen molar-refractivity contribution in [3.05, 3.63) is 46.5 Å². The summed E-state index contributed by atoms with van der Waals surface area (Å²) in [7, 11) is 0. The summed E-state index contributed by atoms with van der Waals surface area (Å²) in [5.74, 6) is 0.696. The van der Waals surface area contributed by atoms with Crippen LogP contribution in [-0.4, -0.2) is 18.0 Å². The Bertz CT molecular complexity index is 486. The highest BCUT2D eigenvalue weighted by atomic mass is 15.2. The smallest absolute Gasteiger partial charge is 0.0460 e. The lowest BCUT2D eigenvalue weighted by Gasteiger charge is -2.48. The summed E-state index contributed by atoms with van der Waals surface area (Å²) < 4.78 is 0. The molecule has 2 heterocycles. The summed E-state index contributed by atoms with van der Waals surface area (Å²) in [4.78, 5) is 2.67. The Morgan fingerprint density at radius 3 is 3.12 bits per heavy atom. The molecule has 1 aliphatic carbocycles. The van der Waals surface area contributed by atoms with Crippen molar-refractivity contribution in [3.8, 4) is 0 Å². The number of nitrogens with zero attached hydrogens (tertiary/aromatic N) is 1. The topological polar surface area (TPSA) is 3.24 Å². The fraction of sp³-hybridized carbons (Fsp3) is 0.467. The zero-order valence-electron chi connectivity index (χ0n) is 9.74. The van der Waals surface area contributed by atoms with Gasteiger partial charge in [0, 0.05) is 18.5 Å². The maximum absolute atomic E-state index is 2.67. The molecule has 3 aliphatic rings. The number of hydrogen-bond acceptors (Lipinski definition) is 1. The molecule has 0 saturated heterocycles. The summed E-state index contributed by atoms with van der Waals surface area (Å²) in [6.45, 7) is 4.70. The average Bonchev–Trinajstić information content (AvgIpc) is 2.44. The summed E-state index contributed by atoms with van der Waals surface area (Å²) in [6.07, 6.45) is 7.40. The molecule has 0 saturated carbocycles. The molecular weight excluding hydrogens is 194 g/mol. The summed E-state index contributed by atoms with van der Waals surface area (Å²) in [6, 6.07) is 5.41. The van der Waals surface area contributed by atoms with E-state index in [1.54, 1.807) is 16.7 Å². The fourth-order valence-corrected chi connectivity index (χ4v) is 3.81. The van der Waals surface area contributed by atoms with Crippen LogP contribution in [0.15, 0.2) is 24.3 Å². The Kier molecular flexibility index (Phi) is 1.68. The van der Waals surface area contributed by atoms with Crippen LogP contribution < -0.4 is 0 Å². The highest BCUT2D eigenvalue weighted by Gasteiger charge is 2.44. The molecule has 1 heteroatoms. The minimum Gasteiger partial charge on any atom is -0.292 e. The molecule has 4 rings (SSSR count). The van der Waals surface area contributed by atoms with E-state index < -0.39 is 0 Å². The molecule has 1 aromatic carbocycles. The predicted octanol–water partition coefficient (Wildman–Crippen LogP) is 2.95. The second-order valence-electron chi connectivity index (χ2n) is 5.37. The van der Waals surface area contributed by atoms with Gasteiger partial charge < -0.3 is 0 Å². The first kappa shape index (κ1) is 9.00. The molecule has 0 spiro atoms. The molecule has 82 valence electrons. The highest BCUT2D eigenvalue weighted by Crippen LogP contribution is 2.54. The molecule has 0 N–H and O–H groups in total. The first-order chi connectivity index (χ1) is 7.86. The van der Waals surface area contributed by atoms with Gasteiger partial charge in [-0.3, -0.25) is 4.90 Å². The Morgan fingerprint density at radius 1 is 1.25 bits per heavy atom. The van der Waals surface area contributed by atoms with Crippen LogP contribution in [-0.2, 0) is 6.42 Å². The van der Waals surface area contributed by atoms with E-state index in [4.69, 9.17) is 0 Å². The fourth-order valence-electron chi connectivity index (χ4n) is 3.81. The molecular formula is C15H17N. The molecule has 0 aromatic heterocycles. The van der Waals surface area contributed by atoms with Crippen molar-refractivity contribution in [3.63, 3.8) is 0 Å². The van der Waals surface area contributed by atoms with Gasteiger partial charge in [0.15, 0.2) is 0 Å². The van der Waals surface area contributed by atoms with E-state index in [0.29, 0.717) is 5.92 Å². The molecule has 1 nitrogen and oxygen atoms in total. The second-order valence-corrected chi connectivity index (χ2v) is 5.37. The van der Waals surface area contributed by atoms with Crippen LogP contribution in [0.25, 0.3) is 0 Å². The van der Waals surface area contributed by atoms with E-state index >= 15 is 0 Å². The van der Waals surface area contributed by atoms with Gasteiger partial charge in [-0.1, -0.05) is 24.3 Å². The first-order valence-electron chi connectivity index (χ1n) is 6.39. The molecule has 0 amide bonds. The third-order valence-corrected chi connectivity index (χ3v) is 4.53. The van der Waals surface area contributed by atoms with Gasteiger partial charge >= 0.3 is 0 Å². The largest absolute Gasteiger partial charge is 0.292 e. The molecule has 1 unspecified atom stereocenters. The van der Waals surface area contributed by atoms with Crippen molar-refractivity contribution in [2.45, 2.75) is 31.7 Å². The average molecular weight is 211 g/mol. The molecule has 2 aliphatic heterocycles. The van der Waals surface area contributed by atoms with Crippen LogP contribution in [0.4, 0.5) is 0 Å². The van der Waals surface area contributed by atoms with Gasteiger partial charge in [-0.2, -0.15) is 0 Å². The van der Waals surface area contributed by atoms with Crippen molar-refractivity contribution >= 4 is 0 Å². The summed E-state index contributed by atoms with van der Waals surface area (Å²) in [5.41, 5.74) is 6.45. The SMILES string of the molecule is Cc1ccc2c3c1[C@@H]1C=CCN(CCC2)C31. The van der Waals surface area contributed by atoms with E-state index in [-0.39, 0.29) is 0 Å². The van der Waals surface area contributed by atoms with Crippen LogP contribution in [0.2, 0.25) is 0 Å². The number of fused-ring (bicyclic) bond motifs is 1. The second kappa shape index (κ2) is 2.98.